The maximum absolute atomic E-state index is 12.4. The largest absolute Gasteiger partial charge is 0.464 e. The van der Waals surface area contributed by atoms with Crippen molar-refractivity contribution >= 4 is 23.4 Å². The van der Waals surface area contributed by atoms with E-state index in [1.54, 1.807) is 24.9 Å². The number of nitrogens with one attached hydrogen (secondary N) is 1. The first-order valence-corrected chi connectivity index (χ1v) is 10.6. The Balaban J connectivity index is 1.77. The van der Waals surface area contributed by atoms with E-state index < -0.39 is 6.04 Å². The maximum Gasteiger partial charge on any atom is 0.333 e. The maximum atomic E-state index is 12.4. The van der Waals surface area contributed by atoms with Crippen LogP contribution in [0.25, 0.3) is 0 Å². The van der Waals surface area contributed by atoms with Crippen LogP contribution in [-0.2, 0) is 22.7 Å². The van der Waals surface area contributed by atoms with Crippen molar-refractivity contribution in [1.29, 1.82) is 0 Å². The quantitative estimate of drug-likeness (QED) is 0.411. The zero-order chi connectivity index (χ0) is 20.6. The third-order valence-corrected chi connectivity index (χ3v) is 5.20. The summed E-state index contributed by atoms with van der Waals surface area (Å²) in [5.41, 5.74) is 3.54. The monoisotopic (exact) mass is 411 g/mol. The summed E-state index contributed by atoms with van der Waals surface area (Å²) < 4.78 is 7.24. The molecule has 6 nitrogen and oxygen atoms in total. The molecular formula is C22H25N3O3S. The van der Waals surface area contributed by atoms with E-state index in [2.05, 4.69) is 10.3 Å². The van der Waals surface area contributed by atoms with E-state index in [0.29, 0.717) is 13.2 Å². The van der Waals surface area contributed by atoms with E-state index in [1.165, 1.54) is 0 Å². The van der Waals surface area contributed by atoms with Crippen molar-refractivity contribution in [3.8, 4) is 0 Å². The Kier molecular flexibility index (Phi) is 7.32. The van der Waals surface area contributed by atoms with Gasteiger partial charge in [-0.2, -0.15) is 0 Å². The van der Waals surface area contributed by atoms with Gasteiger partial charge in [-0.3, -0.25) is 0 Å². The number of carbonyl (C=O) groups excluding carboxylic acids is 1. The molecule has 1 unspecified atom stereocenters. The average molecular weight is 412 g/mol. The van der Waals surface area contributed by atoms with E-state index in [1.807, 2.05) is 65.4 Å². The van der Waals surface area contributed by atoms with E-state index >= 15 is 0 Å². The van der Waals surface area contributed by atoms with E-state index in [9.17, 15) is 9.90 Å². The molecule has 0 spiro atoms. The number of aliphatic hydroxyl groups excluding tert-OH is 1. The highest BCUT2D eigenvalue weighted by Gasteiger charge is 2.21. The minimum absolute atomic E-state index is 0.0501. The number of anilines is 1. The SMILES string of the molecule is CCOC(=O)C(Nc1ccc(Cn2c(CO)cnc2SC)cc1)c1ccccc1. The molecule has 7 heteroatoms. The average Bonchev–Trinajstić information content (AvgIpc) is 3.15. The molecule has 0 aliphatic rings. The number of aliphatic hydroxyl groups is 1. The van der Waals surface area contributed by atoms with Crippen molar-refractivity contribution < 1.29 is 14.6 Å². The molecule has 152 valence electrons. The van der Waals surface area contributed by atoms with Crippen molar-refractivity contribution in [2.24, 2.45) is 0 Å². The molecule has 0 saturated heterocycles. The summed E-state index contributed by atoms with van der Waals surface area (Å²) in [7, 11) is 0. The molecule has 2 aromatic carbocycles. The second-order valence-electron chi connectivity index (χ2n) is 6.42. The van der Waals surface area contributed by atoms with Crippen molar-refractivity contribution in [2.75, 3.05) is 18.2 Å². The summed E-state index contributed by atoms with van der Waals surface area (Å²) >= 11 is 1.54. The molecule has 0 aliphatic carbocycles. The summed E-state index contributed by atoms with van der Waals surface area (Å²) in [5.74, 6) is -0.307. The van der Waals surface area contributed by atoms with Crippen molar-refractivity contribution in [3.05, 3.63) is 77.6 Å². The van der Waals surface area contributed by atoms with Crippen LogP contribution >= 0.6 is 11.8 Å². The molecule has 1 heterocycles. The summed E-state index contributed by atoms with van der Waals surface area (Å²) in [6, 6.07) is 16.9. The zero-order valence-corrected chi connectivity index (χ0v) is 17.4. The summed E-state index contributed by atoms with van der Waals surface area (Å²) in [4.78, 5) is 16.8. The fourth-order valence-corrected chi connectivity index (χ4v) is 3.62. The Morgan fingerprint density at radius 3 is 2.55 bits per heavy atom. The molecule has 1 aromatic heterocycles. The number of benzene rings is 2. The Morgan fingerprint density at radius 1 is 1.21 bits per heavy atom. The van der Waals surface area contributed by atoms with Gasteiger partial charge in [-0.1, -0.05) is 54.2 Å². The van der Waals surface area contributed by atoms with Crippen molar-refractivity contribution in [2.45, 2.75) is 31.3 Å². The van der Waals surface area contributed by atoms with Crippen LogP contribution in [0.15, 0.2) is 66.0 Å². The number of imidazole rings is 1. The number of thioether (sulfide) groups is 1. The molecule has 3 aromatic rings. The Labute approximate surface area is 174 Å². The Bertz CT molecular complexity index is 905. The van der Waals surface area contributed by atoms with Gasteiger partial charge in [0.15, 0.2) is 11.2 Å². The summed E-state index contributed by atoms with van der Waals surface area (Å²) in [5, 5.41) is 13.7. The standard InChI is InChI=1S/C22H25N3O3S/c1-3-28-21(27)20(17-7-5-4-6-8-17)24-18-11-9-16(10-12-18)14-25-19(15-26)13-23-22(25)29-2/h4-13,20,24,26H,3,14-15H2,1-2H3. The molecule has 0 fully saturated rings. The predicted molar refractivity (Wildman–Crippen MR) is 115 cm³/mol. The van der Waals surface area contributed by atoms with Gasteiger partial charge >= 0.3 is 5.97 Å². The van der Waals surface area contributed by atoms with Crippen molar-refractivity contribution in [1.82, 2.24) is 9.55 Å². The van der Waals surface area contributed by atoms with E-state index in [4.69, 9.17) is 4.74 Å². The van der Waals surface area contributed by atoms with Gasteiger partial charge < -0.3 is 19.7 Å². The van der Waals surface area contributed by atoms with Gasteiger partial charge in [-0.05, 0) is 36.4 Å². The van der Waals surface area contributed by atoms with Crippen LogP contribution in [0.5, 0.6) is 0 Å². The molecule has 1 atom stereocenters. The van der Waals surface area contributed by atoms with Gasteiger partial charge in [0.1, 0.15) is 0 Å². The van der Waals surface area contributed by atoms with E-state index in [-0.39, 0.29) is 12.6 Å². The minimum Gasteiger partial charge on any atom is -0.464 e. The number of aromatic nitrogens is 2. The highest BCUT2D eigenvalue weighted by molar-refractivity contribution is 7.98. The van der Waals surface area contributed by atoms with Crippen molar-refractivity contribution in [3.63, 3.8) is 0 Å². The number of hydrogen-bond donors (Lipinski definition) is 2. The lowest BCUT2D eigenvalue weighted by Crippen LogP contribution is -2.23. The van der Waals surface area contributed by atoms with Crippen LogP contribution in [0, 0.1) is 0 Å². The Morgan fingerprint density at radius 2 is 1.93 bits per heavy atom. The van der Waals surface area contributed by atoms with Gasteiger partial charge in [0.25, 0.3) is 0 Å². The van der Waals surface area contributed by atoms with Crippen LogP contribution in [-0.4, -0.2) is 33.5 Å². The van der Waals surface area contributed by atoms with Gasteiger partial charge in [-0.15, -0.1) is 0 Å². The molecule has 2 N–H and O–H groups in total. The molecule has 3 rings (SSSR count). The molecule has 0 amide bonds. The van der Waals surface area contributed by atoms with Crippen LogP contribution in [0.2, 0.25) is 0 Å². The lowest BCUT2D eigenvalue weighted by atomic mass is 10.1. The van der Waals surface area contributed by atoms with Gasteiger partial charge in [0.05, 0.1) is 25.1 Å². The molecule has 29 heavy (non-hydrogen) atoms. The fourth-order valence-electron chi connectivity index (χ4n) is 3.06. The highest BCUT2D eigenvalue weighted by atomic mass is 32.2. The zero-order valence-electron chi connectivity index (χ0n) is 16.5. The molecule has 0 bridgehead atoms. The molecule has 0 saturated carbocycles. The first-order chi connectivity index (χ1) is 14.2. The van der Waals surface area contributed by atoms with E-state index in [0.717, 1.165) is 27.7 Å². The van der Waals surface area contributed by atoms with Crippen LogP contribution in [0.3, 0.4) is 0 Å². The number of rotatable bonds is 9. The van der Waals surface area contributed by atoms with Crippen LogP contribution in [0.1, 0.15) is 29.8 Å². The first kappa shape index (κ1) is 21.0. The molecule has 0 radical (unpaired) electrons. The smallest absolute Gasteiger partial charge is 0.333 e. The normalized spacial score (nSPS) is 11.8. The number of nitrogens with zero attached hydrogens (tertiary/aromatic N) is 2. The number of esters is 1. The van der Waals surface area contributed by atoms with Gasteiger partial charge in [0, 0.05) is 12.2 Å². The fraction of sp³-hybridized carbons (Fsp3) is 0.273. The van der Waals surface area contributed by atoms with Crippen LogP contribution in [0.4, 0.5) is 5.69 Å². The van der Waals surface area contributed by atoms with Gasteiger partial charge in [-0.25, -0.2) is 9.78 Å². The summed E-state index contributed by atoms with van der Waals surface area (Å²) in [6.07, 6.45) is 3.66. The second-order valence-corrected chi connectivity index (χ2v) is 7.19. The predicted octanol–water partition coefficient (Wildman–Crippen LogP) is 3.86. The lowest BCUT2D eigenvalue weighted by molar-refractivity contribution is -0.144. The van der Waals surface area contributed by atoms with Crippen LogP contribution < -0.4 is 5.32 Å². The highest BCUT2D eigenvalue weighted by Crippen LogP contribution is 2.23. The first-order valence-electron chi connectivity index (χ1n) is 9.42. The Hall–Kier alpha value is -2.77. The number of hydrogen-bond acceptors (Lipinski definition) is 6. The second kappa shape index (κ2) is 10.1. The third-order valence-electron chi connectivity index (χ3n) is 4.51. The van der Waals surface area contributed by atoms with Gasteiger partial charge in [0.2, 0.25) is 0 Å². The topological polar surface area (TPSA) is 76.4 Å². The lowest BCUT2D eigenvalue weighted by Gasteiger charge is -2.19. The third kappa shape index (κ3) is 5.19. The molecule has 0 aliphatic heterocycles. The number of carbonyl (C=O) groups is 1. The summed E-state index contributed by atoms with van der Waals surface area (Å²) in [6.45, 7) is 2.70. The minimum atomic E-state index is -0.570. The number of ether oxygens (including phenoxy) is 1. The molecular weight excluding hydrogens is 386 g/mol.